The van der Waals surface area contributed by atoms with Crippen LogP contribution in [0.25, 0.3) is 0 Å². The van der Waals surface area contributed by atoms with E-state index in [2.05, 4.69) is 15.5 Å². The van der Waals surface area contributed by atoms with Gasteiger partial charge in [0.25, 0.3) is 0 Å². The minimum Gasteiger partial charge on any atom is -0.292 e. The summed E-state index contributed by atoms with van der Waals surface area (Å²) in [6.07, 6.45) is 0. The molecule has 0 bridgehead atoms. The van der Waals surface area contributed by atoms with E-state index in [4.69, 9.17) is 23.2 Å². The lowest BCUT2D eigenvalue weighted by Crippen LogP contribution is -2.13. The zero-order chi connectivity index (χ0) is 12.4. The van der Waals surface area contributed by atoms with Crippen molar-refractivity contribution in [2.24, 2.45) is 0 Å². The van der Waals surface area contributed by atoms with E-state index >= 15 is 0 Å². The molecule has 0 atom stereocenters. The van der Waals surface area contributed by atoms with Gasteiger partial charge >= 0.3 is 0 Å². The molecule has 0 aliphatic heterocycles. The fraction of sp³-hybridized carbons (Fsp3) is 0.200. The van der Waals surface area contributed by atoms with Crippen LogP contribution in [-0.4, -0.2) is 26.0 Å². The summed E-state index contributed by atoms with van der Waals surface area (Å²) < 4.78 is 1.40. The number of tetrazole rings is 1. The van der Waals surface area contributed by atoms with Gasteiger partial charge in [0.2, 0.25) is 0 Å². The molecule has 88 valence electrons. The second-order valence-electron chi connectivity index (χ2n) is 3.41. The lowest BCUT2D eigenvalue weighted by Gasteiger charge is -2.05. The van der Waals surface area contributed by atoms with Gasteiger partial charge in [0.1, 0.15) is 12.4 Å². The summed E-state index contributed by atoms with van der Waals surface area (Å²) in [4.78, 5) is 12.0. The number of halogens is 2. The third-order valence-electron chi connectivity index (χ3n) is 2.26. The topological polar surface area (TPSA) is 60.7 Å². The molecule has 17 heavy (non-hydrogen) atoms. The smallest absolute Gasteiger partial charge is 0.185 e. The molecule has 0 fully saturated rings. The first-order chi connectivity index (χ1) is 8.09. The summed E-state index contributed by atoms with van der Waals surface area (Å²) in [5.74, 6) is 0.379. The summed E-state index contributed by atoms with van der Waals surface area (Å²) in [5.41, 5.74) is 0.370. The molecule has 1 aromatic heterocycles. The van der Waals surface area contributed by atoms with Crippen molar-refractivity contribution in [3.63, 3.8) is 0 Å². The van der Waals surface area contributed by atoms with Gasteiger partial charge in [-0.3, -0.25) is 4.79 Å². The van der Waals surface area contributed by atoms with Crippen molar-refractivity contribution < 1.29 is 4.79 Å². The van der Waals surface area contributed by atoms with Gasteiger partial charge in [-0.05, 0) is 29.5 Å². The van der Waals surface area contributed by atoms with Crippen molar-refractivity contribution in [1.29, 1.82) is 0 Å². The van der Waals surface area contributed by atoms with Crippen LogP contribution in [0.1, 0.15) is 16.2 Å². The molecular formula is C10H8Cl2N4O. The number of aryl methyl sites for hydroxylation is 1. The second-order valence-corrected chi connectivity index (χ2v) is 4.19. The number of rotatable bonds is 3. The first kappa shape index (κ1) is 12.0. The monoisotopic (exact) mass is 270 g/mol. The molecule has 0 radical (unpaired) electrons. The molecule has 0 N–H and O–H groups in total. The first-order valence-corrected chi connectivity index (χ1v) is 5.55. The van der Waals surface area contributed by atoms with Gasteiger partial charge in [0, 0.05) is 5.56 Å². The van der Waals surface area contributed by atoms with Gasteiger partial charge < -0.3 is 0 Å². The normalized spacial score (nSPS) is 10.5. The summed E-state index contributed by atoms with van der Waals surface area (Å²) in [6.45, 7) is 1.76. The van der Waals surface area contributed by atoms with E-state index in [1.165, 1.54) is 4.68 Å². The highest BCUT2D eigenvalue weighted by atomic mass is 35.5. The minimum absolute atomic E-state index is 0.0406. The lowest BCUT2D eigenvalue weighted by atomic mass is 10.1. The van der Waals surface area contributed by atoms with Crippen LogP contribution in [0.4, 0.5) is 0 Å². The van der Waals surface area contributed by atoms with E-state index in [9.17, 15) is 4.79 Å². The van der Waals surface area contributed by atoms with E-state index in [0.29, 0.717) is 16.4 Å². The van der Waals surface area contributed by atoms with Gasteiger partial charge in [-0.2, -0.15) is 0 Å². The SMILES string of the molecule is Cc1nnnn1CC(=O)c1cccc(Cl)c1Cl. The van der Waals surface area contributed by atoms with Crippen LogP contribution < -0.4 is 0 Å². The van der Waals surface area contributed by atoms with Crippen LogP contribution in [0.15, 0.2) is 18.2 Å². The number of benzene rings is 1. The van der Waals surface area contributed by atoms with Crippen LogP contribution in [0.5, 0.6) is 0 Å². The van der Waals surface area contributed by atoms with Crippen LogP contribution in [0, 0.1) is 6.92 Å². The van der Waals surface area contributed by atoms with E-state index in [1.54, 1.807) is 25.1 Å². The number of Topliss-reactive ketones (excluding diaryl/α,β-unsaturated/α-hetero) is 1. The molecule has 0 aliphatic rings. The standard InChI is InChI=1S/C10H8Cl2N4O/c1-6-13-14-15-16(6)5-9(17)7-3-2-4-8(11)10(7)12/h2-4H,5H2,1H3. The fourth-order valence-electron chi connectivity index (χ4n) is 1.34. The molecule has 1 aromatic carbocycles. The van der Waals surface area contributed by atoms with Crippen LogP contribution in [-0.2, 0) is 6.54 Å². The van der Waals surface area contributed by atoms with Gasteiger partial charge in [0.15, 0.2) is 5.78 Å². The number of carbonyl (C=O) groups excluding carboxylic acids is 1. The van der Waals surface area contributed by atoms with Gasteiger partial charge in [0.05, 0.1) is 10.0 Å². The van der Waals surface area contributed by atoms with Gasteiger partial charge in [-0.1, -0.05) is 29.3 Å². The zero-order valence-corrected chi connectivity index (χ0v) is 10.4. The average molecular weight is 271 g/mol. The van der Waals surface area contributed by atoms with E-state index in [-0.39, 0.29) is 17.4 Å². The molecule has 7 heteroatoms. The van der Waals surface area contributed by atoms with Crippen LogP contribution in [0.2, 0.25) is 10.0 Å². The van der Waals surface area contributed by atoms with Crippen molar-refractivity contribution >= 4 is 29.0 Å². The van der Waals surface area contributed by atoms with Crippen LogP contribution in [0.3, 0.4) is 0 Å². The second kappa shape index (κ2) is 4.81. The zero-order valence-electron chi connectivity index (χ0n) is 8.89. The average Bonchev–Trinajstić information content (AvgIpc) is 2.68. The molecule has 5 nitrogen and oxygen atoms in total. The molecule has 0 saturated heterocycles. The molecule has 2 rings (SSSR count). The number of ketones is 1. The number of aromatic nitrogens is 4. The Morgan fingerprint density at radius 1 is 1.41 bits per heavy atom. The highest BCUT2D eigenvalue weighted by molar-refractivity contribution is 6.43. The van der Waals surface area contributed by atoms with Crippen molar-refractivity contribution in [2.75, 3.05) is 0 Å². The summed E-state index contributed by atoms with van der Waals surface area (Å²) in [6, 6.07) is 4.92. The van der Waals surface area contributed by atoms with Gasteiger partial charge in [-0.15, -0.1) is 5.10 Å². The highest BCUT2D eigenvalue weighted by Crippen LogP contribution is 2.26. The molecule has 0 aliphatic carbocycles. The Hall–Kier alpha value is -1.46. The Morgan fingerprint density at radius 2 is 2.18 bits per heavy atom. The molecule has 0 amide bonds. The maximum atomic E-state index is 12.0. The Balaban J connectivity index is 2.27. The largest absolute Gasteiger partial charge is 0.292 e. The maximum absolute atomic E-state index is 12.0. The van der Waals surface area contributed by atoms with Gasteiger partial charge in [-0.25, -0.2) is 4.68 Å². The van der Waals surface area contributed by atoms with Crippen molar-refractivity contribution in [3.8, 4) is 0 Å². The third-order valence-corrected chi connectivity index (χ3v) is 3.08. The first-order valence-electron chi connectivity index (χ1n) is 4.79. The molecular weight excluding hydrogens is 263 g/mol. The predicted molar refractivity (Wildman–Crippen MR) is 63.3 cm³/mol. The number of carbonyl (C=O) groups is 1. The minimum atomic E-state index is -0.187. The number of hydrogen-bond acceptors (Lipinski definition) is 4. The van der Waals surface area contributed by atoms with E-state index in [0.717, 1.165) is 0 Å². The molecule has 0 spiro atoms. The van der Waals surface area contributed by atoms with Crippen molar-refractivity contribution in [1.82, 2.24) is 20.2 Å². The number of hydrogen-bond donors (Lipinski definition) is 0. The molecule has 1 heterocycles. The Morgan fingerprint density at radius 3 is 2.82 bits per heavy atom. The van der Waals surface area contributed by atoms with Crippen molar-refractivity contribution in [3.05, 3.63) is 39.6 Å². The molecule has 2 aromatic rings. The third kappa shape index (κ3) is 2.45. The van der Waals surface area contributed by atoms with E-state index < -0.39 is 0 Å². The Labute approximate surface area is 107 Å². The lowest BCUT2D eigenvalue weighted by molar-refractivity contribution is 0.0966. The van der Waals surface area contributed by atoms with Crippen molar-refractivity contribution in [2.45, 2.75) is 13.5 Å². The predicted octanol–water partition coefficient (Wildman–Crippen LogP) is 2.17. The fourth-order valence-corrected chi connectivity index (χ4v) is 1.74. The summed E-state index contributed by atoms with van der Waals surface area (Å²) >= 11 is 11.8. The Bertz CT molecular complexity index is 567. The summed E-state index contributed by atoms with van der Waals surface area (Å²) in [5, 5.41) is 11.5. The quantitative estimate of drug-likeness (QED) is 0.802. The van der Waals surface area contributed by atoms with E-state index in [1.807, 2.05) is 0 Å². The van der Waals surface area contributed by atoms with Crippen LogP contribution >= 0.6 is 23.2 Å². The molecule has 0 unspecified atom stereocenters. The molecule has 0 saturated carbocycles. The highest BCUT2D eigenvalue weighted by Gasteiger charge is 2.14. The number of nitrogens with zero attached hydrogens (tertiary/aromatic N) is 4. The Kier molecular flexibility index (Phi) is 3.40. The maximum Gasteiger partial charge on any atom is 0.185 e. The summed E-state index contributed by atoms with van der Waals surface area (Å²) in [7, 11) is 0.